The summed E-state index contributed by atoms with van der Waals surface area (Å²) in [6.45, 7) is 4.60. The Morgan fingerprint density at radius 2 is 1.56 bits per heavy atom. The number of nitrogens with zero attached hydrogens (tertiary/aromatic N) is 5. The fourth-order valence-electron chi connectivity index (χ4n) is 3.29. The molecule has 1 unspecified atom stereocenters. The summed E-state index contributed by atoms with van der Waals surface area (Å²) in [6, 6.07) is 11.5. The number of carboxylic acid groups (broad SMARTS) is 2. The number of hydrogen-bond acceptors (Lipinski definition) is 7. The van der Waals surface area contributed by atoms with Gasteiger partial charge < -0.3 is 20.4 Å². The second-order valence-corrected chi connectivity index (χ2v) is 8.48. The van der Waals surface area contributed by atoms with Crippen LogP contribution in [0.3, 0.4) is 0 Å². The Kier molecular flexibility index (Phi) is 11.2. The van der Waals surface area contributed by atoms with Gasteiger partial charge in [-0.15, -0.1) is 0 Å². The van der Waals surface area contributed by atoms with Gasteiger partial charge in [0.05, 0.1) is 12.2 Å². The molecule has 3 aromatic heterocycles. The summed E-state index contributed by atoms with van der Waals surface area (Å²) in [5, 5.41) is 22.0. The number of aromatic nitrogens is 4. The second kappa shape index (κ2) is 14.1. The molecule has 1 atom stereocenters. The molecule has 0 radical (unpaired) electrons. The lowest BCUT2D eigenvalue weighted by Crippen LogP contribution is -2.36. The van der Waals surface area contributed by atoms with Crippen LogP contribution >= 0.6 is 0 Å². The zero-order valence-corrected chi connectivity index (χ0v) is 21.2. The number of alkyl halides is 6. The van der Waals surface area contributed by atoms with Gasteiger partial charge in [-0.3, -0.25) is 14.5 Å². The number of carboxylic acids is 2. The fourth-order valence-corrected chi connectivity index (χ4v) is 3.29. The summed E-state index contributed by atoms with van der Waals surface area (Å²) >= 11 is 0. The Morgan fingerprint density at radius 3 is 2.07 bits per heavy atom. The molecule has 0 aromatic carbocycles. The number of nitrogens with one attached hydrogen (secondary N) is 1. The maximum absolute atomic E-state index is 13.0. The SMILES string of the molecule is Cc1ccc(C(=O)N2Cc3ccnn3CC(CNc3ccccn3)C2)nc1.O=C(O)C(F)(F)F.O=C(O)C(F)(F)F. The lowest BCUT2D eigenvalue weighted by molar-refractivity contribution is -0.193. The maximum atomic E-state index is 13.0. The predicted molar refractivity (Wildman–Crippen MR) is 130 cm³/mol. The van der Waals surface area contributed by atoms with Crippen LogP contribution in [0, 0.1) is 12.8 Å². The van der Waals surface area contributed by atoms with Crippen molar-refractivity contribution in [2.45, 2.75) is 32.4 Å². The van der Waals surface area contributed by atoms with Crippen LogP contribution in [-0.4, -0.2) is 78.1 Å². The summed E-state index contributed by atoms with van der Waals surface area (Å²) in [4.78, 5) is 41.3. The van der Waals surface area contributed by atoms with Crippen molar-refractivity contribution < 1.29 is 50.9 Å². The number of aryl methyl sites for hydroxylation is 1. The molecule has 1 aliphatic rings. The van der Waals surface area contributed by atoms with E-state index in [-0.39, 0.29) is 11.8 Å². The lowest BCUT2D eigenvalue weighted by Gasteiger charge is -2.24. The molecular weight excluding hydrogens is 566 g/mol. The van der Waals surface area contributed by atoms with Crippen LogP contribution in [0.4, 0.5) is 32.2 Å². The van der Waals surface area contributed by atoms with Crippen LogP contribution in [0.15, 0.2) is 55.0 Å². The first-order valence-electron chi connectivity index (χ1n) is 11.6. The number of rotatable bonds is 4. The average Bonchev–Trinajstić information content (AvgIpc) is 3.25. The third-order valence-electron chi connectivity index (χ3n) is 5.21. The third kappa shape index (κ3) is 10.8. The standard InChI is InChI=1S/C20H22N6O.2C2HF3O2/c1-15-5-6-18(22-10-15)20(27)25-12-16(11-23-19-4-2-3-8-21-19)13-26-17(14-25)7-9-24-26;2*3-2(4,5)1(6)7/h2-10,16H,11-14H2,1H3,(H,21,23);2*(H,6,7). The van der Waals surface area contributed by atoms with E-state index in [9.17, 15) is 31.1 Å². The molecule has 0 fully saturated rings. The smallest absolute Gasteiger partial charge is 0.475 e. The number of pyridine rings is 2. The van der Waals surface area contributed by atoms with E-state index in [2.05, 4.69) is 20.4 Å². The molecule has 3 aromatic rings. The highest BCUT2D eigenvalue weighted by Crippen LogP contribution is 2.19. The molecule has 0 spiro atoms. The van der Waals surface area contributed by atoms with Crippen molar-refractivity contribution >= 4 is 23.7 Å². The van der Waals surface area contributed by atoms with Gasteiger partial charge in [-0.1, -0.05) is 12.1 Å². The molecule has 222 valence electrons. The number of carbonyl (C=O) groups excluding carboxylic acids is 1. The Labute approximate surface area is 228 Å². The van der Waals surface area contributed by atoms with Crippen LogP contribution in [0.1, 0.15) is 21.7 Å². The zero-order valence-electron chi connectivity index (χ0n) is 21.2. The van der Waals surface area contributed by atoms with Crippen molar-refractivity contribution in [1.29, 1.82) is 0 Å². The summed E-state index contributed by atoms with van der Waals surface area (Å²) in [6.07, 6.45) is -4.88. The van der Waals surface area contributed by atoms with E-state index >= 15 is 0 Å². The summed E-state index contributed by atoms with van der Waals surface area (Å²) < 4.78 is 65.5. The molecule has 17 heteroatoms. The first kappa shape index (κ1) is 32.5. The number of anilines is 1. The van der Waals surface area contributed by atoms with Crippen LogP contribution in [0.5, 0.6) is 0 Å². The van der Waals surface area contributed by atoms with Gasteiger partial charge >= 0.3 is 24.3 Å². The monoisotopic (exact) mass is 590 g/mol. The Hall–Kier alpha value is -4.70. The number of halogens is 6. The summed E-state index contributed by atoms with van der Waals surface area (Å²) in [7, 11) is 0. The van der Waals surface area contributed by atoms with Gasteiger partial charge in [0, 0.05) is 44.1 Å². The van der Waals surface area contributed by atoms with Crippen molar-refractivity contribution in [3.8, 4) is 0 Å². The molecular formula is C24H24F6N6O5. The highest BCUT2D eigenvalue weighted by Gasteiger charge is 2.38. The molecule has 1 amide bonds. The maximum Gasteiger partial charge on any atom is 0.490 e. The van der Waals surface area contributed by atoms with Crippen LogP contribution in [-0.2, 0) is 22.7 Å². The molecule has 1 aliphatic heterocycles. The van der Waals surface area contributed by atoms with Crippen LogP contribution in [0.2, 0.25) is 0 Å². The highest BCUT2D eigenvalue weighted by molar-refractivity contribution is 5.92. The minimum Gasteiger partial charge on any atom is -0.475 e. The van der Waals surface area contributed by atoms with Crippen LogP contribution in [0.25, 0.3) is 0 Å². The van der Waals surface area contributed by atoms with Gasteiger partial charge in [0.1, 0.15) is 11.5 Å². The molecule has 4 heterocycles. The van der Waals surface area contributed by atoms with E-state index in [1.165, 1.54) is 0 Å². The molecule has 41 heavy (non-hydrogen) atoms. The van der Waals surface area contributed by atoms with Gasteiger partial charge in [-0.05, 0) is 36.8 Å². The summed E-state index contributed by atoms with van der Waals surface area (Å²) in [5.74, 6) is -4.52. The molecule has 4 rings (SSSR count). The number of amides is 1. The molecule has 0 aliphatic carbocycles. The van der Waals surface area contributed by atoms with E-state index < -0.39 is 24.3 Å². The quantitative estimate of drug-likeness (QED) is 0.387. The lowest BCUT2D eigenvalue weighted by atomic mass is 10.1. The Balaban J connectivity index is 0.000000349. The van der Waals surface area contributed by atoms with E-state index in [1.54, 1.807) is 24.7 Å². The third-order valence-corrected chi connectivity index (χ3v) is 5.21. The van der Waals surface area contributed by atoms with E-state index in [1.807, 2.05) is 46.8 Å². The van der Waals surface area contributed by atoms with Gasteiger partial charge in [0.2, 0.25) is 0 Å². The molecule has 0 bridgehead atoms. The minimum atomic E-state index is -5.08. The highest BCUT2D eigenvalue weighted by atomic mass is 19.4. The first-order chi connectivity index (χ1) is 19.1. The molecule has 3 N–H and O–H groups in total. The van der Waals surface area contributed by atoms with Gasteiger partial charge in [0.25, 0.3) is 5.91 Å². The predicted octanol–water partition coefficient (Wildman–Crippen LogP) is 3.63. The van der Waals surface area contributed by atoms with Crippen molar-refractivity contribution in [2.24, 2.45) is 5.92 Å². The number of fused-ring (bicyclic) bond motifs is 1. The number of aliphatic carboxylic acids is 2. The van der Waals surface area contributed by atoms with E-state index in [4.69, 9.17) is 19.8 Å². The second-order valence-electron chi connectivity index (χ2n) is 8.48. The van der Waals surface area contributed by atoms with E-state index in [0.717, 1.165) is 23.6 Å². The number of carbonyl (C=O) groups is 3. The first-order valence-corrected chi connectivity index (χ1v) is 11.6. The van der Waals surface area contributed by atoms with Crippen LogP contribution < -0.4 is 5.32 Å². The molecule has 0 saturated carbocycles. The van der Waals surface area contributed by atoms with Gasteiger partial charge in [-0.2, -0.15) is 31.4 Å². The van der Waals surface area contributed by atoms with E-state index in [0.29, 0.717) is 25.3 Å². The van der Waals surface area contributed by atoms with Crippen molar-refractivity contribution in [3.05, 3.63) is 71.9 Å². The molecule has 11 nitrogen and oxygen atoms in total. The number of hydrogen-bond donors (Lipinski definition) is 3. The fraction of sp³-hybridized carbons (Fsp3) is 0.333. The largest absolute Gasteiger partial charge is 0.490 e. The molecule has 0 saturated heterocycles. The van der Waals surface area contributed by atoms with Gasteiger partial charge in [-0.25, -0.2) is 14.6 Å². The van der Waals surface area contributed by atoms with Crippen molar-refractivity contribution in [3.63, 3.8) is 0 Å². The topological polar surface area (TPSA) is 151 Å². The van der Waals surface area contributed by atoms with Gasteiger partial charge in [0.15, 0.2) is 0 Å². The normalized spacial score (nSPS) is 14.7. The Morgan fingerprint density at radius 1 is 0.927 bits per heavy atom. The summed E-state index contributed by atoms with van der Waals surface area (Å²) in [5.41, 5.74) is 2.55. The van der Waals surface area contributed by atoms with Crippen molar-refractivity contribution in [1.82, 2.24) is 24.6 Å². The average molecular weight is 590 g/mol. The zero-order chi connectivity index (χ0) is 30.8. The Bertz CT molecular complexity index is 1270. The van der Waals surface area contributed by atoms with Crippen molar-refractivity contribution in [2.75, 3.05) is 18.4 Å². The minimum absolute atomic E-state index is 0.0486.